The van der Waals surface area contributed by atoms with Gasteiger partial charge in [0.15, 0.2) is 0 Å². The molecule has 0 unspecified atom stereocenters. The molecule has 0 aliphatic rings. The van der Waals surface area contributed by atoms with Crippen molar-refractivity contribution in [2.45, 2.75) is 18.2 Å². The van der Waals surface area contributed by atoms with E-state index >= 15 is 0 Å². The summed E-state index contributed by atoms with van der Waals surface area (Å²) >= 11 is 0. The number of carboxylic acid groups (broad SMARTS) is 1. The number of carboxylic acids is 1. The van der Waals surface area contributed by atoms with Gasteiger partial charge >= 0.3 is 12.0 Å². The van der Waals surface area contributed by atoms with Crippen LogP contribution in [-0.4, -0.2) is 32.1 Å². The molecule has 20 heavy (non-hydrogen) atoms. The minimum atomic E-state index is -4.14. The van der Waals surface area contributed by atoms with E-state index in [9.17, 15) is 18.0 Å². The van der Waals surface area contributed by atoms with Gasteiger partial charge in [0.05, 0.1) is 11.3 Å². The highest BCUT2D eigenvalue weighted by atomic mass is 32.2. The number of sulfonamides is 1. The molecule has 9 heteroatoms. The van der Waals surface area contributed by atoms with Crippen LogP contribution in [-0.2, 0) is 10.0 Å². The van der Waals surface area contributed by atoms with Crippen LogP contribution in [0.15, 0.2) is 23.1 Å². The minimum absolute atomic E-state index is 0.142. The molecular formula is C11H15N3O5S. The van der Waals surface area contributed by atoms with Gasteiger partial charge in [0.1, 0.15) is 4.90 Å². The van der Waals surface area contributed by atoms with Crippen LogP contribution in [0.3, 0.4) is 0 Å². The zero-order chi connectivity index (χ0) is 15.3. The van der Waals surface area contributed by atoms with Crippen LogP contribution >= 0.6 is 0 Å². The quantitative estimate of drug-likeness (QED) is 0.579. The summed E-state index contributed by atoms with van der Waals surface area (Å²) < 4.78 is 25.6. The number of urea groups is 1. The topological polar surface area (TPSA) is 139 Å². The number of hydrogen-bond acceptors (Lipinski definition) is 5. The van der Waals surface area contributed by atoms with Crippen molar-refractivity contribution < 1.29 is 23.1 Å². The summed E-state index contributed by atoms with van der Waals surface area (Å²) in [5.41, 5.74) is 5.12. The zero-order valence-corrected chi connectivity index (χ0v) is 11.5. The molecule has 0 saturated heterocycles. The van der Waals surface area contributed by atoms with Gasteiger partial charge < -0.3 is 16.2 Å². The summed E-state index contributed by atoms with van der Waals surface area (Å²) in [6.07, 6.45) is 0.656. The average Bonchev–Trinajstić information content (AvgIpc) is 2.35. The first-order valence-electron chi connectivity index (χ1n) is 5.71. The Morgan fingerprint density at radius 1 is 1.35 bits per heavy atom. The third-order valence-electron chi connectivity index (χ3n) is 2.31. The third-order valence-corrected chi connectivity index (χ3v) is 3.71. The molecule has 5 N–H and O–H groups in total. The molecule has 0 aliphatic carbocycles. The van der Waals surface area contributed by atoms with Crippen molar-refractivity contribution in [2.75, 3.05) is 12.3 Å². The molecule has 8 nitrogen and oxygen atoms in total. The predicted molar refractivity (Wildman–Crippen MR) is 71.8 cm³/mol. The Balaban J connectivity index is 2.98. The van der Waals surface area contributed by atoms with Gasteiger partial charge in [-0.25, -0.2) is 22.7 Å². The summed E-state index contributed by atoms with van der Waals surface area (Å²) in [6, 6.07) is 2.28. The molecule has 2 amide bonds. The van der Waals surface area contributed by atoms with Crippen LogP contribution in [0, 0.1) is 0 Å². The SMILES string of the molecule is CCCNC(=O)NS(=O)(=O)c1ccc(C(=O)O)cc1N. The fourth-order valence-corrected chi connectivity index (χ4v) is 2.42. The Morgan fingerprint density at radius 2 is 2.00 bits per heavy atom. The molecule has 0 fully saturated rings. The summed E-state index contributed by atoms with van der Waals surface area (Å²) in [7, 11) is -4.14. The van der Waals surface area contributed by atoms with Crippen molar-refractivity contribution in [1.82, 2.24) is 10.0 Å². The lowest BCUT2D eigenvalue weighted by atomic mass is 10.2. The normalized spacial score (nSPS) is 10.8. The molecular weight excluding hydrogens is 286 g/mol. The summed E-state index contributed by atoms with van der Waals surface area (Å²) in [4.78, 5) is 21.7. The van der Waals surface area contributed by atoms with Gasteiger partial charge in [-0.2, -0.15) is 0 Å². The number of benzene rings is 1. The maximum Gasteiger partial charge on any atom is 0.335 e. The third kappa shape index (κ3) is 3.85. The average molecular weight is 301 g/mol. The highest BCUT2D eigenvalue weighted by Gasteiger charge is 2.21. The van der Waals surface area contributed by atoms with Gasteiger partial charge in [-0.15, -0.1) is 0 Å². The lowest BCUT2D eigenvalue weighted by molar-refractivity contribution is 0.0696. The molecule has 0 aliphatic heterocycles. The maximum atomic E-state index is 11.9. The van der Waals surface area contributed by atoms with Crippen LogP contribution in [0.1, 0.15) is 23.7 Å². The van der Waals surface area contributed by atoms with E-state index in [1.807, 2.05) is 6.92 Å². The monoisotopic (exact) mass is 301 g/mol. The van der Waals surface area contributed by atoms with E-state index in [1.165, 1.54) is 0 Å². The fourth-order valence-electron chi connectivity index (χ4n) is 1.38. The molecule has 0 bridgehead atoms. The van der Waals surface area contributed by atoms with E-state index in [1.54, 1.807) is 4.72 Å². The van der Waals surface area contributed by atoms with Crippen molar-refractivity contribution >= 4 is 27.7 Å². The van der Waals surface area contributed by atoms with Gasteiger partial charge in [-0.3, -0.25) is 0 Å². The van der Waals surface area contributed by atoms with Gasteiger partial charge in [0.2, 0.25) is 0 Å². The van der Waals surface area contributed by atoms with Crippen molar-refractivity contribution in [3.05, 3.63) is 23.8 Å². The Labute approximate surface area is 116 Å². The predicted octanol–water partition coefficient (Wildman–Crippen LogP) is 0.365. The Morgan fingerprint density at radius 3 is 2.50 bits per heavy atom. The number of nitrogens with one attached hydrogen (secondary N) is 2. The second kappa shape index (κ2) is 6.24. The Bertz CT molecular complexity index is 627. The van der Waals surface area contributed by atoms with Crippen molar-refractivity contribution in [2.24, 2.45) is 0 Å². The number of carbonyl (C=O) groups is 2. The van der Waals surface area contributed by atoms with Crippen LogP contribution in [0.2, 0.25) is 0 Å². The van der Waals surface area contributed by atoms with Gasteiger partial charge in [0.25, 0.3) is 10.0 Å². The van der Waals surface area contributed by atoms with E-state index in [0.29, 0.717) is 13.0 Å². The maximum absolute atomic E-state index is 11.9. The van der Waals surface area contributed by atoms with Crippen molar-refractivity contribution in [3.63, 3.8) is 0 Å². The molecule has 1 aromatic carbocycles. The molecule has 0 aromatic heterocycles. The molecule has 1 rings (SSSR count). The molecule has 0 heterocycles. The fraction of sp³-hybridized carbons (Fsp3) is 0.273. The second-order valence-electron chi connectivity index (χ2n) is 3.92. The van der Waals surface area contributed by atoms with Crippen LogP contribution in [0.25, 0.3) is 0 Å². The molecule has 0 saturated carbocycles. The van der Waals surface area contributed by atoms with Crippen LogP contribution in [0.5, 0.6) is 0 Å². The van der Waals surface area contributed by atoms with E-state index in [4.69, 9.17) is 10.8 Å². The number of hydrogen-bond donors (Lipinski definition) is 4. The number of nitrogen functional groups attached to an aromatic ring is 1. The largest absolute Gasteiger partial charge is 0.478 e. The first kappa shape index (κ1) is 15.8. The van der Waals surface area contributed by atoms with Gasteiger partial charge in [0, 0.05) is 6.54 Å². The number of nitrogens with two attached hydrogens (primary N) is 1. The molecule has 0 spiro atoms. The minimum Gasteiger partial charge on any atom is -0.478 e. The lowest BCUT2D eigenvalue weighted by Crippen LogP contribution is -2.39. The second-order valence-corrected chi connectivity index (χ2v) is 5.57. The van der Waals surface area contributed by atoms with Crippen molar-refractivity contribution in [1.29, 1.82) is 0 Å². The Kier molecular flexibility index (Phi) is 4.92. The van der Waals surface area contributed by atoms with E-state index in [-0.39, 0.29) is 16.1 Å². The van der Waals surface area contributed by atoms with Crippen LogP contribution in [0.4, 0.5) is 10.5 Å². The highest BCUT2D eigenvalue weighted by molar-refractivity contribution is 7.90. The number of aromatic carboxylic acids is 1. The van der Waals surface area contributed by atoms with Crippen molar-refractivity contribution in [3.8, 4) is 0 Å². The summed E-state index contributed by atoms with van der Waals surface area (Å²) in [5.74, 6) is -1.23. The first-order chi connectivity index (χ1) is 9.27. The zero-order valence-electron chi connectivity index (χ0n) is 10.7. The van der Waals surface area contributed by atoms with Gasteiger partial charge in [-0.05, 0) is 24.6 Å². The van der Waals surface area contributed by atoms with E-state index in [0.717, 1.165) is 18.2 Å². The molecule has 0 atom stereocenters. The first-order valence-corrected chi connectivity index (χ1v) is 7.19. The molecule has 0 radical (unpaired) electrons. The number of anilines is 1. The Hall–Kier alpha value is -2.29. The summed E-state index contributed by atoms with van der Waals surface area (Å²) in [6.45, 7) is 2.15. The highest BCUT2D eigenvalue weighted by Crippen LogP contribution is 2.19. The number of carbonyl (C=O) groups excluding carboxylic acids is 1. The smallest absolute Gasteiger partial charge is 0.335 e. The number of rotatable bonds is 5. The molecule has 110 valence electrons. The number of amides is 2. The lowest BCUT2D eigenvalue weighted by Gasteiger charge is -2.10. The van der Waals surface area contributed by atoms with Gasteiger partial charge in [-0.1, -0.05) is 6.92 Å². The van der Waals surface area contributed by atoms with E-state index in [2.05, 4.69) is 5.32 Å². The molecule has 1 aromatic rings. The van der Waals surface area contributed by atoms with E-state index < -0.39 is 22.0 Å². The summed E-state index contributed by atoms with van der Waals surface area (Å²) in [5, 5.41) is 11.1. The standard InChI is InChI=1S/C11H15N3O5S/c1-2-5-13-11(17)14-20(18,19)9-4-3-7(10(15)16)6-8(9)12/h3-4,6H,2,5,12H2,1H3,(H,15,16)(H2,13,14,17). The van der Waals surface area contributed by atoms with Crippen LogP contribution < -0.4 is 15.8 Å².